The molecule has 1 aliphatic rings. The van der Waals surface area contributed by atoms with Gasteiger partial charge in [-0.05, 0) is 59.7 Å². The van der Waals surface area contributed by atoms with Crippen LogP contribution in [0.3, 0.4) is 0 Å². The molecular weight excluding hydrogens is 519 g/mol. The summed E-state index contributed by atoms with van der Waals surface area (Å²) in [6.07, 6.45) is 1.56. The molecule has 0 aromatic heterocycles. The summed E-state index contributed by atoms with van der Waals surface area (Å²) in [5, 5.41) is 5.39. The molecule has 0 radical (unpaired) electrons. The maximum Gasteiger partial charge on any atom is 0.309 e. The normalized spacial score (nSPS) is 14.2. The molecule has 35 heavy (non-hydrogen) atoms. The molecule has 0 fully saturated rings. The highest BCUT2D eigenvalue weighted by molar-refractivity contribution is 9.10. The first kappa shape index (κ1) is 24.2. The third-order valence-corrected chi connectivity index (χ3v) is 5.44. The van der Waals surface area contributed by atoms with E-state index in [1.54, 1.807) is 54.6 Å². The Bertz CT molecular complexity index is 1340. The molecule has 178 valence electrons. The Morgan fingerprint density at radius 1 is 1.09 bits per heavy atom. The van der Waals surface area contributed by atoms with E-state index in [9.17, 15) is 14.0 Å². The molecule has 0 saturated heterocycles. The number of hydrogen-bond acceptors (Lipinski definition) is 6. The average molecular weight is 539 g/mol. The van der Waals surface area contributed by atoms with Crippen LogP contribution in [-0.4, -0.2) is 24.9 Å². The molecule has 3 aromatic rings. The second-order valence-electron chi connectivity index (χ2n) is 7.48. The van der Waals surface area contributed by atoms with Crippen LogP contribution < -0.4 is 14.5 Å². The van der Waals surface area contributed by atoms with Gasteiger partial charge in [0.1, 0.15) is 18.0 Å². The van der Waals surface area contributed by atoms with Crippen molar-refractivity contribution in [2.24, 2.45) is 5.10 Å². The molecule has 0 atom stereocenters. The fourth-order valence-electron chi connectivity index (χ4n) is 3.32. The van der Waals surface area contributed by atoms with E-state index in [1.165, 1.54) is 31.2 Å². The second kappa shape index (κ2) is 10.5. The molecule has 0 aliphatic carbocycles. The first-order valence-corrected chi connectivity index (χ1v) is 11.3. The van der Waals surface area contributed by atoms with Crippen LogP contribution in [0.4, 0.5) is 10.1 Å². The molecular formula is C26H20BrFN2O5. The van der Waals surface area contributed by atoms with Crippen LogP contribution in [-0.2, 0) is 20.9 Å². The highest BCUT2D eigenvalue weighted by Gasteiger charge is 2.33. The third-order valence-electron chi connectivity index (χ3n) is 4.94. The molecule has 1 heterocycles. The van der Waals surface area contributed by atoms with Crippen molar-refractivity contribution in [1.29, 1.82) is 0 Å². The van der Waals surface area contributed by atoms with Crippen LogP contribution in [0.2, 0.25) is 0 Å². The standard InChI is InChI=1S/C26H20BrFN2O5/c1-16(31)35-25-22(26(32)30(29-25)21-5-3-4-19(27)14-21)12-18-8-11-23(33-2)24(13-18)34-15-17-6-9-20(28)10-7-17/h3-14H,15H2,1-2H3/b22-12-. The van der Waals surface area contributed by atoms with Crippen molar-refractivity contribution < 1.29 is 28.2 Å². The van der Waals surface area contributed by atoms with Crippen molar-refractivity contribution in [2.45, 2.75) is 13.5 Å². The van der Waals surface area contributed by atoms with Crippen LogP contribution >= 0.6 is 15.9 Å². The van der Waals surface area contributed by atoms with Gasteiger partial charge in [0.25, 0.3) is 11.8 Å². The summed E-state index contributed by atoms with van der Waals surface area (Å²) >= 11 is 3.38. The molecule has 1 amide bonds. The fourth-order valence-corrected chi connectivity index (χ4v) is 3.70. The summed E-state index contributed by atoms with van der Waals surface area (Å²) < 4.78 is 30.4. The predicted octanol–water partition coefficient (Wildman–Crippen LogP) is 5.48. The fraction of sp³-hybridized carbons (Fsp3) is 0.115. The van der Waals surface area contributed by atoms with Gasteiger partial charge in [-0.2, -0.15) is 5.01 Å². The van der Waals surface area contributed by atoms with Crippen molar-refractivity contribution in [3.8, 4) is 11.5 Å². The maximum absolute atomic E-state index is 13.2. The Hall–Kier alpha value is -3.98. The van der Waals surface area contributed by atoms with Crippen LogP contribution in [0.1, 0.15) is 18.1 Å². The van der Waals surface area contributed by atoms with Gasteiger partial charge in [-0.3, -0.25) is 9.59 Å². The minimum atomic E-state index is -0.600. The second-order valence-corrected chi connectivity index (χ2v) is 8.39. The van der Waals surface area contributed by atoms with Gasteiger partial charge in [-0.25, -0.2) is 4.39 Å². The lowest BCUT2D eigenvalue weighted by atomic mass is 10.1. The molecule has 0 saturated carbocycles. The van der Waals surface area contributed by atoms with Crippen LogP contribution in [0.15, 0.2) is 81.9 Å². The van der Waals surface area contributed by atoms with Gasteiger partial charge in [-0.1, -0.05) is 40.2 Å². The van der Waals surface area contributed by atoms with E-state index < -0.39 is 11.9 Å². The van der Waals surface area contributed by atoms with E-state index in [0.717, 1.165) is 10.0 Å². The SMILES string of the molecule is COc1ccc(/C=C2\C(=O)N(c3cccc(Br)c3)N=C2OC(C)=O)cc1OCc1ccc(F)cc1. The highest BCUT2D eigenvalue weighted by atomic mass is 79.9. The molecule has 9 heteroatoms. The van der Waals surface area contributed by atoms with Crippen molar-refractivity contribution in [1.82, 2.24) is 0 Å². The molecule has 0 N–H and O–H groups in total. The number of hydrazone groups is 1. The lowest BCUT2D eigenvalue weighted by molar-refractivity contribution is -0.132. The number of ether oxygens (including phenoxy) is 3. The van der Waals surface area contributed by atoms with Gasteiger partial charge in [0.15, 0.2) is 11.5 Å². The Kier molecular flexibility index (Phi) is 7.26. The minimum Gasteiger partial charge on any atom is -0.493 e. The highest BCUT2D eigenvalue weighted by Crippen LogP contribution is 2.32. The van der Waals surface area contributed by atoms with E-state index in [0.29, 0.717) is 22.7 Å². The van der Waals surface area contributed by atoms with Crippen molar-refractivity contribution in [3.05, 3.63) is 93.7 Å². The topological polar surface area (TPSA) is 77.4 Å². The summed E-state index contributed by atoms with van der Waals surface area (Å²) in [4.78, 5) is 24.9. The molecule has 3 aromatic carbocycles. The summed E-state index contributed by atoms with van der Waals surface area (Å²) in [5.74, 6) is -0.584. The molecule has 0 unspecified atom stereocenters. The Labute approximate surface area is 209 Å². The van der Waals surface area contributed by atoms with Crippen LogP contribution in [0.25, 0.3) is 6.08 Å². The summed E-state index contributed by atoms with van der Waals surface area (Å²) in [7, 11) is 1.51. The molecule has 7 nitrogen and oxygen atoms in total. The van der Waals surface area contributed by atoms with Crippen molar-refractivity contribution in [3.63, 3.8) is 0 Å². The van der Waals surface area contributed by atoms with E-state index in [2.05, 4.69) is 21.0 Å². The Morgan fingerprint density at radius 2 is 1.86 bits per heavy atom. The third kappa shape index (κ3) is 5.75. The van der Waals surface area contributed by atoms with Crippen LogP contribution in [0.5, 0.6) is 11.5 Å². The van der Waals surface area contributed by atoms with E-state index in [-0.39, 0.29) is 23.9 Å². The zero-order chi connectivity index (χ0) is 24.9. The van der Waals surface area contributed by atoms with Crippen LogP contribution in [0, 0.1) is 5.82 Å². The first-order chi connectivity index (χ1) is 16.8. The van der Waals surface area contributed by atoms with E-state index in [1.807, 2.05) is 6.07 Å². The van der Waals surface area contributed by atoms with Gasteiger partial charge < -0.3 is 14.2 Å². The summed E-state index contributed by atoms with van der Waals surface area (Å²) in [5.41, 5.74) is 1.99. The maximum atomic E-state index is 13.2. The summed E-state index contributed by atoms with van der Waals surface area (Å²) in [6.45, 7) is 1.42. The molecule has 1 aliphatic heterocycles. The number of nitrogens with zero attached hydrogens (tertiary/aromatic N) is 2. The van der Waals surface area contributed by atoms with Crippen molar-refractivity contribution >= 4 is 45.5 Å². The number of esters is 1. The van der Waals surface area contributed by atoms with Gasteiger partial charge in [0, 0.05) is 11.4 Å². The molecule has 4 rings (SSSR count). The number of carbonyl (C=O) groups is 2. The Morgan fingerprint density at radius 3 is 2.54 bits per heavy atom. The largest absolute Gasteiger partial charge is 0.493 e. The van der Waals surface area contributed by atoms with Gasteiger partial charge in [-0.15, -0.1) is 5.10 Å². The molecule has 0 bridgehead atoms. The summed E-state index contributed by atoms with van der Waals surface area (Å²) in [6, 6.07) is 18.1. The Balaban J connectivity index is 1.65. The zero-order valence-electron chi connectivity index (χ0n) is 18.8. The number of amides is 1. The number of rotatable bonds is 6. The number of anilines is 1. The smallest absolute Gasteiger partial charge is 0.309 e. The predicted molar refractivity (Wildman–Crippen MR) is 133 cm³/mol. The lowest BCUT2D eigenvalue weighted by Gasteiger charge is -2.12. The monoisotopic (exact) mass is 538 g/mol. The number of halogens is 2. The quantitative estimate of drug-likeness (QED) is 0.306. The zero-order valence-corrected chi connectivity index (χ0v) is 20.4. The van der Waals surface area contributed by atoms with Crippen molar-refractivity contribution in [2.75, 3.05) is 12.1 Å². The molecule has 0 spiro atoms. The number of methoxy groups -OCH3 is 1. The van der Waals surface area contributed by atoms with E-state index >= 15 is 0 Å². The number of hydrogen-bond donors (Lipinski definition) is 0. The van der Waals surface area contributed by atoms with Gasteiger partial charge >= 0.3 is 5.97 Å². The number of benzene rings is 3. The lowest BCUT2D eigenvalue weighted by Crippen LogP contribution is -2.21. The van der Waals surface area contributed by atoms with E-state index in [4.69, 9.17) is 14.2 Å². The average Bonchev–Trinajstić information content (AvgIpc) is 3.13. The first-order valence-electron chi connectivity index (χ1n) is 10.5. The number of carbonyl (C=O) groups excluding carboxylic acids is 2. The van der Waals surface area contributed by atoms with Gasteiger partial charge in [0.05, 0.1) is 12.8 Å². The minimum absolute atomic E-state index is 0.105. The van der Waals surface area contributed by atoms with Gasteiger partial charge in [0.2, 0.25) is 0 Å².